The first-order valence-electron chi connectivity index (χ1n) is 8.03. The van der Waals surface area contributed by atoms with Gasteiger partial charge in [0.1, 0.15) is 4.88 Å². The first-order valence-corrected chi connectivity index (χ1v) is 9.23. The van der Waals surface area contributed by atoms with Gasteiger partial charge in [-0.15, -0.1) is 11.3 Å². The molecule has 0 atom stereocenters. The number of nitrogens with one attached hydrogen (secondary N) is 1. The highest BCUT2D eigenvalue weighted by Crippen LogP contribution is 2.36. The molecular weight excluding hydrogens is 340 g/mol. The summed E-state index contributed by atoms with van der Waals surface area (Å²) in [5, 5.41) is 4.46. The summed E-state index contributed by atoms with van der Waals surface area (Å²) in [6, 6.07) is 13.9. The van der Waals surface area contributed by atoms with Crippen molar-refractivity contribution in [3.63, 3.8) is 0 Å². The van der Waals surface area contributed by atoms with Crippen LogP contribution < -0.4 is 10.2 Å². The number of rotatable bonds is 3. The first-order chi connectivity index (χ1) is 11.7. The second kappa shape index (κ2) is 6.11. The molecule has 4 rings (SSSR count). The van der Waals surface area contributed by atoms with Crippen LogP contribution in [0.2, 0.25) is 5.02 Å². The van der Waals surface area contributed by atoms with Crippen molar-refractivity contribution >= 4 is 50.3 Å². The number of hydrogen-bond acceptors (Lipinski definition) is 3. The van der Waals surface area contributed by atoms with Crippen molar-refractivity contribution in [2.45, 2.75) is 13.3 Å². The summed E-state index contributed by atoms with van der Waals surface area (Å²) in [6.45, 7) is 4.18. The molecule has 24 heavy (non-hydrogen) atoms. The molecule has 0 bridgehead atoms. The number of halogens is 1. The van der Waals surface area contributed by atoms with E-state index in [1.807, 2.05) is 30.3 Å². The molecule has 3 aromatic rings. The van der Waals surface area contributed by atoms with Gasteiger partial charge in [-0.3, -0.25) is 4.79 Å². The minimum atomic E-state index is -0.151. The Bertz CT molecular complexity index is 934. The van der Waals surface area contributed by atoms with Gasteiger partial charge in [-0.25, -0.2) is 0 Å². The van der Waals surface area contributed by atoms with Crippen LogP contribution in [0.25, 0.3) is 10.1 Å². The van der Waals surface area contributed by atoms with Crippen LogP contribution in [-0.4, -0.2) is 19.0 Å². The van der Waals surface area contributed by atoms with Crippen LogP contribution in [0.5, 0.6) is 0 Å². The topological polar surface area (TPSA) is 32.3 Å². The lowest BCUT2D eigenvalue weighted by Gasteiger charge is -2.17. The Kier molecular flexibility index (Phi) is 3.94. The maximum Gasteiger partial charge on any atom is 0.267 e. The van der Waals surface area contributed by atoms with Crippen molar-refractivity contribution < 1.29 is 4.79 Å². The predicted molar refractivity (Wildman–Crippen MR) is 103 cm³/mol. The summed E-state index contributed by atoms with van der Waals surface area (Å²) in [7, 11) is 0. The molecule has 1 aromatic heterocycles. The number of thiophene rings is 1. The largest absolute Gasteiger partial charge is 0.371 e. The van der Waals surface area contributed by atoms with Crippen LogP contribution >= 0.6 is 22.9 Å². The van der Waals surface area contributed by atoms with E-state index in [1.165, 1.54) is 22.6 Å². The van der Waals surface area contributed by atoms with E-state index in [1.54, 1.807) is 0 Å². The van der Waals surface area contributed by atoms with Gasteiger partial charge in [0.15, 0.2) is 0 Å². The molecule has 0 aliphatic carbocycles. The number of benzene rings is 2. The molecular formula is C19H17ClN2OS. The second-order valence-electron chi connectivity index (χ2n) is 5.87. The third-order valence-corrected chi connectivity index (χ3v) is 6.13. The molecule has 0 saturated heterocycles. The van der Waals surface area contributed by atoms with Crippen LogP contribution in [0.1, 0.15) is 22.2 Å². The minimum Gasteiger partial charge on any atom is -0.371 e. The highest BCUT2D eigenvalue weighted by molar-refractivity contribution is 7.21. The van der Waals surface area contributed by atoms with E-state index < -0.39 is 0 Å². The zero-order valence-electron chi connectivity index (χ0n) is 13.3. The van der Waals surface area contributed by atoms with Crippen molar-refractivity contribution in [1.29, 1.82) is 0 Å². The van der Waals surface area contributed by atoms with Crippen LogP contribution in [0, 0.1) is 0 Å². The zero-order chi connectivity index (χ0) is 16.7. The lowest BCUT2D eigenvalue weighted by atomic mass is 10.1. The Hall–Kier alpha value is -2.04. The molecule has 2 aromatic carbocycles. The van der Waals surface area contributed by atoms with E-state index in [0.29, 0.717) is 9.90 Å². The number of likely N-dealkylation sites (N-methyl/N-ethyl adjacent to an activating group) is 1. The summed E-state index contributed by atoms with van der Waals surface area (Å²) in [5.74, 6) is -0.151. The molecule has 0 spiro atoms. The van der Waals surface area contributed by atoms with Crippen LogP contribution in [0.15, 0.2) is 42.5 Å². The third kappa shape index (κ3) is 2.56. The average molecular weight is 357 g/mol. The maximum atomic E-state index is 12.7. The molecule has 0 fully saturated rings. The van der Waals surface area contributed by atoms with E-state index in [2.05, 4.69) is 29.3 Å². The Balaban J connectivity index is 1.63. The van der Waals surface area contributed by atoms with E-state index >= 15 is 0 Å². The van der Waals surface area contributed by atoms with Gasteiger partial charge in [-0.1, -0.05) is 35.9 Å². The van der Waals surface area contributed by atoms with Gasteiger partial charge in [0.25, 0.3) is 5.91 Å². The summed E-state index contributed by atoms with van der Waals surface area (Å²) in [6.07, 6.45) is 1.07. The van der Waals surface area contributed by atoms with Crippen LogP contribution in [0.3, 0.4) is 0 Å². The van der Waals surface area contributed by atoms with Gasteiger partial charge in [0.2, 0.25) is 0 Å². The minimum absolute atomic E-state index is 0.151. The smallest absolute Gasteiger partial charge is 0.267 e. The Labute approximate surface area is 149 Å². The fourth-order valence-corrected chi connectivity index (χ4v) is 4.61. The number of carbonyl (C=O) groups excluding carboxylic acids is 1. The SMILES string of the molecule is CCN1CCc2ccc(NC(=O)c3sc4ccccc4c3Cl)cc21. The molecule has 0 saturated carbocycles. The summed E-state index contributed by atoms with van der Waals surface area (Å²) in [4.78, 5) is 15.5. The van der Waals surface area contributed by atoms with E-state index in [4.69, 9.17) is 11.6 Å². The molecule has 5 heteroatoms. The maximum absolute atomic E-state index is 12.7. The molecule has 2 heterocycles. The number of nitrogens with zero attached hydrogens (tertiary/aromatic N) is 1. The predicted octanol–water partition coefficient (Wildman–Crippen LogP) is 5.19. The number of anilines is 2. The molecule has 0 radical (unpaired) electrons. The van der Waals surface area contributed by atoms with Crippen LogP contribution in [-0.2, 0) is 6.42 Å². The van der Waals surface area contributed by atoms with Crippen molar-refractivity contribution in [1.82, 2.24) is 0 Å². The second-order valence-corrected chi connectivity index (χ2v) is 7.30. The fraction of sp³-hybridized carbons (Fsp3) is 0.211. The average Bonchev–Trinajstić information content (AvgIpc) is 3.16. The van der Waals surface area contributed by atoms with Gasteiger partial charge in [-0.2, -0.15) is 0 Å². The van der Waals surface area contributed by atoms with E-state index in [0.717, 1.165) is 35.3 Å². The zero-order valence-corrected chi connectivity index (χ0v) is 14.9. The molecule has 0 unspecified atom stereocenters. The van der Waals surface area contributed by atoms with Crippen molar-refractivity contribution in [2.24, 2.45) is 0 Å². The molecule has 1 amide bonds. The van der Waals surface area contributed by atoms with Crippen LogP contribution in [0.4, 0.5) is 11.4 Å². The lowest BCUT2D eigenvalue weighted by Crippen LogP contribution is -2.19. The number of hydrogen-bond donors (Lipinski definition) is 1. The van der Waals surface area contributed by atoms with Gasteiger partial charge in [0.05, 0.1) is 5.02 Å². The number of fused-ring (bicyclic) bond motifs is 2. The van der Waals surface area contributed by atoms with Gasteiger partial charge in [-0.05, 0) is 37.1 Å². The Morgan fingerprint density at radius 1 is 1.29 bits per heavy atom. The van der Waals surface area contributed by atoms with Gasteiger partial charge < -0.3 is 10.2 Å². The lowest BCUT2D eigenvalue weighted by molar-refractivity contribution is 0.103. The van der Waals surface area contributed by atoms with E-state index in [-0.39, 0.29) is 5.91 Å². The molecule has 1 N–H and O–H groups in total. The van der Waals surface area contributed by atoms with Gasteiger partial charge >= 0.3 is 0 Å². The summed E-state index contributed by atoms with van der Waals surface area (Å²) < 4.78 is 1.03. The summed E-state index contributed by atoms with van der Waals surface area (Å²) in [5.41, 5.74) is 3.38. The monoisotopic (exact) mass is 356 g/mol. The van der Waals surface area contributed by atoms with Gasteiger partial charge in [0, 0.05) is 34.6 Å². The molecule has 3 nitrogen and oxygen atoms in total. The first kappa shape index (κ1) is 15.5. The van der Waals surface area contributed by atoms with Crippen molar-refractivity contribution in [2.75, 3.05) is 23.3 Å². The molecule has 1 aliphatic rings. The highest BCUT2D eigenvalue weighted by Gasteiger charge is 2.20. The summed E-state index contributed by atoms with van der Waals surface area (Å²) >= 11 is 7.83. The van der Waals surface area contributed by atoms with Crippen molar-refractivity contribution in [3.8, 4) is 0 Å². The van der Waals surface area contributed by atoms with E-state index in [9.17, 15) is 4.79 Å². The number of amides is 1. The normalized spacial score (nSPS) is 13.3. The quantitative estimate of drug-likeness (QED) is 0.700. The Morgan fingerprint density at radius 2 is 2.12 bits per heavy atom. The third-order valence-electron chi connectivity index (χ3n) is 4.46. The van der Waals surface area contributed by atoms with Crippen molar-refractivity contribution in [3.05, 3.63) is 57.9 Å². The fourth-order valence-electron chi connectivity index (χ4n) is 3.20. The highest BCUT2D eigenvalue weighted by atomic mass is 35.5. The molecule has 1 aliphatic heterocycles. The molecule has 122 valence electrons. The number of carbonyl (C=O) groups is 1. The standard InChI is InChI=1S/C19H17ClN2OS/c1-2-22-10-9-12-7-8-13(11-15(12)22)21-19(23)18-17(20)14-5-3-4-6-16(14)24-18/h3-8,11H,2,9-10H2,1H3,(H,21,23). The Morgan fingerprint density at radius 3 is 2.92 bits per heavy atom.